The number of benzene rings is 1. The first-order chi connectivity index (χ1) is 15.1. The first-order valence-electron chi connectivity index (χ1n) is 11.7. The number of rotatable bonds is 17. The predicted octanol–water partition coefficient (Wildman–Crippen LogP) is 7.54. The van der Waals surface area contributed by atoms with Gasteiger partial charge in [-0.05, 0) is 25.3 Å². The SMILES string of the molecule is CCCCCCOCCCCCCCCCNc1c([N+](=O)[O-])c(Cl)nc2ccccc12. The molecule has 0 aliphatic carbocycles. The Labute approximate surface area is 190 Å². The summed E-state index contributed by atoms with van der Waals surface area (Å²) in [5, 5.41) is 15.4. The molecule has 0 aliphatic heterocycles. The number of ether oxygens (including phenoxy) is 1. The van der Waals surface area contributed by atoms with Gasteiger partial charge in [-0.2, -0.15) is 0 Å². The Bertz CT molecular complexity index is 801. The fourth-order valence-corrected chi connectivity index (χ4v) is 3.93. The Balaban J connectivity index is 1.60. The summed E-state index contributed by atoms with van der Waals surface area (Å²) in [6.45, 7) is 4.69. The van der Waals surface area contributed by atoms with E-state index in [9.17, 15) is 10.1 Å². The van der Waals surface area contributed by atoms with Gasteiger partial charge in [0, 0.05) is 25.1 Å². The Hall–Kier alpha value is -1.92. The zero-order chi connectivity index (χ0) is 22.3. The molecule has 0 amide bonds. The molecule has 0 saturated heterocycles. The van der Waals surface area contributed by atoms with Gasteiger partial charge < -0.3 is 10.1 Å². The normalized spacial score (nSPS) is 11.2. The van der Waals surface area contributed by atoms with Crippen LogP contribution in [0.2, 0.25) is 5.15 Å². The van der Waals surface area contributed by atoms with Crippen molar-refractivity contribution in [2.75, 3.05) is 25.1 Å². The van der Waals surface area contributed by atoms with Crippen molar-refractivity contribution in [1.29, 1.82) is 0 Å². The van der Waals surface area contributed by atoms with Crippen LogP contribution in [0.15, 0.2) is 24.3 Å². The van der Waals surface area contributed by atoms with Gasteiger partial charge in [-0.15, -0.1) is 0 Å². The van der Waals surface area contributed by atoms with Gasteiger partial charge in [0.1, 0.15) is 5.69 Å². The van der Waals surface area contributed by atoms with Gasteiger partial charge in [0.2, 0.25) is 5.15 Å². The van der Waals surface area contributed by atoms with E-state index in [-0.39, 0.29) is 10.8 Å². The first-order valence-corrected chi connectivity index (χ1v) is 12.1. The molecule has 1 N–H and O–H groups in total. The highest BCUT2D eigenvalue weighted by Gasteiger charge is 2.23. The summed E-state index contributed by atoms with van der Waals surface area (Å²) in [6.07, 6.45) is 13.1. The lowest BCUT2D eigenvalue weighted by Crippen LogP contribution is -2.06. The molecule has 1 aromatic carbocycles. The molecule has 31 heavy (non-hydrogen) atoms. The number of unbranched alkanes of at least 4 members (excludes halogenated alkanes) is 9. The largest absolute Gasteiger partial charge is 0.381 e. The van der Waals surface area contributed by atoms with Crippen molar-refractivity contribution >= 4 is 33.9 Å². The Kier molecular flexibility index (Phi) is 12.2. The van der Waals surface area contributed by atoms with Crippen molar-refractivity contribution < 1.29 is 9.66 Å². The van der Waals surface area contributed by atoms with E-state index in [0.29, 0.717) is 17.7 Å². The van der Waals surface area contributed by atoms with Crippen molar-refractivity contribution in [2.24, 2.45) is 0 Å². The third-order valence-electron chi connectivity index (χ3n) is 5.42. The molecule has 0 fully saturated rings. The average molecular weight is 450 g/mol. The molecule has 172 valence electrons. The average Bonchev–Trinajstić information content (AvgIpc) is 2.75. The number of nitrogens with one attached hydrogen (secondary N) is 1. The smallest absolute Gasteiger partial charge is 0.329 e. The summed E-state index contributed by atoms with van der Waals surface area (Å²) >= 11 is 6.07. The van der Waals surface area contributed by atoms with Crippen LogP contribution in [-0.4, -0.2) is 29.7 Å². The Morgan fingerprint density at radius 1 is 0.968 bits per heavy atom. The Morgan fingerprint density at radius 3 is 2.26 bits per heavy atom. The quantitative estimate of drug-likeness (QED) is 0.117. The molecule has 0 spiro atoms. The maximum absolute atomic E-state index is 11.5. The van der Waals surface area contributed by atoms with Crippen molar-refractivity contribution in [2.45, 2.75) is 77.6 Å². The van der Waals surface area contributed by atoms with Gasteiger partial charge in [-0.3, -0.25) is 10.1 Å². The second kappa shape index (κ2) is 15.0. The van der Waals surface area contributed by atoms with Gasteiger partial charge >= 0.3 is 5.69 Å². The van der Waals surface area contributed by atoms with Crippen LogP contribution in [0.1, 0.15) is 77.6 Å². The molecule has 0 bridgehead atoms. The van der Waals surface area contributed by atoms with Gasteiger partial charge in [-0.25, -0.2) is 4.98 Å². The second-order valence-corrected chi connectivity index (χ2v) is 8.33. The number of nitrogens with zero attached hydrogens (tertiary/aromatic N) is 2. The standard InChI is InChI=1S/C24H36ClN3O3/c1-2-3-4-13-18-31-19-14-9-7-5-6-8-12-17-26-22-20-15-10-11-16-21(20)27-24(25)23(22)28(29)30/h10-11,15-16H,2-9,12-14,17-19H2,1H3,(H,26,27). The third-order valence-corrected chi connectivity index (χ3v) is 5.68. The van der Waals surface area contributed by atoms with E-state index in [1.165, 1.54) is 51.4 Å². The number of fused-ring (bicyclic) bond motifs is 1. The zero-order valence-electron chi connectivity index (χ0n) is 18.7. The van der Waals surface area contributed by atoms with Gasteiger partial charge in [0.15, 0.2) is 0 Å². The van der Waals surface area contributed by atoms with Gasteiger partial charge in [0.05, 0.1) is 10.4 Å². The van der Waals surface area contributed by atoms with Crippen LogP contribution in [0.4, 0.5) is 11.4 Å². The molecular formula is C24H36ClN3O3. The summed E-state index contributed by atoms with van der Waals surface area (Å²) in [7, 11) is 0. The van der Waals surface area contributed by atoms with Crippen molar-refractivity contribution in [3.63, 3.8) is 0 Å². The summed E-state index contributed by atoms with van der Waals surface area (Å²) in [4.78, 5) is 15.2. The molecule has 0 unspecified atom stereocenters. The van der Waals surface area contributed by atoms with E-state index >= 15 is 0 Å². The number of para-hydroxylation sites is 1. The highest BCUT2D eigenvalue weighted by atomic mass is 35.5. The van der Waals surface area contributed by atoms with E-state index in [0.717, 1.165) is 37.9 Å². The van der Waals surface area contributed by atoms with Crippen LogP contribution in [0.3, 0.4) is 0 Å². The van der Waals surface area contributed by atoms with E-state index in [4.69, 9.17) is 16.3 Å². The van der Waals surface area contributed by atoms with Crippen molar-refractivity contribution in [3.05, 3.63) is 39.5 Å². The number of nitro groups is 1. The van der Waals surface area contributed by atoms with Crippen LogP contribution in [0.5, 0.6) is 0 Å². The fraction of sp³-hybridized carbons (Fsp3) is 0.625. The molecule has 6 nitrogen and oxygen atoms in total. The number of hydrogen-bond donors (Lipinski definition) is 1. The van der Waals surface area contributed by atoms with Gasteiger partial charge in [0.25, 0.3) is 0 Å². The molecule has 0 aliphatic rings. The molecule has 2 aromatic rings. The van der Waals surface area contributed by atoms with E-state index in [1.807, 2.05) is 24.3 Å². The van der Waals surface area contributed by atoms with E-state index < -0.39 is 4.92 Å². The topological polar surface area (TPSA) is 77.3 Å². The van der Waals surface area contributed by atoms with Gasteiger partial charge in [-0.1, -0.05) is 88.1 Å². The molecular weight excluding hydrogens is 414 g/mol. The van der Waals surface area contributed by atoms with Crippen LogP contribution < -0.4 is 5.32 Å². The number of hydrogen-bond acceptors (Lipinski definition) is 5. The molecule has 2 rings (SSSR count). The Morgan fingerprint density at radius 2 is 1.58 bits per heavy atom. The van der Waals surface area contributed by atoms with Crippen LogP contribution in [-0.2, 0) is 4.74 Å². The minimum absolute atomic E-state index is 0.0730. The summed E-state index contributed by atoms with van der Waals surface area (Å²) in [5.41, 5.74) is 0.980. The molecule has 1 aromatic heterocycles. The summed E-state index contributed by atoms with van der Waals surface area (Å²) < 4.78 is 5.68. The summed E-state index contributed by atoms with van der Waals surface area (Å²) in [5.74, 6) is 0. The number of pyridine rings is 1. The molecule has 0 atom stereocenters. The predicted molar refractivity (Wildman–Crippen MR) is 129 cm³/mol. The van der Waals surface area contributed by atoms with Crippen LogP contribution in [0, 0.1) is 10.1 Å². The lowest BCUT2D eigenvalue weighted by atomic mass is 10.1. The van der Waals surface area contributed by atoms with Crippen molar-refractivity contribution in [3.8, 4) is 0 Å². The molecule has 7 heteroatoms. The lowest BCUT2D eigenvalue weighted by molar-refractivity contribution is -0.384. The van der Waals surface area contributed by atoms with Crippen molar-refractivity contribution in [1.82, 2.24) is 4.98 Å². The first kappa shape index (κ1) is 25.3. The minimum atomic E-state index is -0.459. The number of halogens is 1. The monoisotopic (exact) mass is 449 g/mol. The molecule has 1 heterocycles. The minimum Gasteiger partial charge on any atom is -0.381 e. The zero-order valence-corrected chi connectivity index (χ0v) is 19.5. The van der Waals surface area contributed by atoms with E-state index in [1.54, 1.807) is 0 Å². The summed E-state index contributed by atoms with van der Waals surface area (Å²) in [6, 6.07) is 7.35. The maximum Gasteiger partial charge on any atom is 0.329 e. The molecule has 0 saturated carbocycles. The highest BCUT2D eigenvalue weighted by molar-refractivity contribution is 6.33. The molecule has 0 radical (unpaired) electrons. The number of anilines is 1. The highest BCUT2D eigenvalue weighted by Crippen LogP contribution is 2.37. The fourth-order valence-electron chi connectivity index (χ4n) is 3.68. The number of aromatic nitrogens is 1. The second-order valence-electron chi connectivity index (χ2n) is 7.98. The maximum atomic E-state index is 11.5. The van der Waals surface area contributed by atoms with Crippen LogP contribution in [0.25, 0.3) is 10.9 Å². The van der Waals surface area contributed by atoms with Crippen LogP contribution >= 0.6 is 11.6 Å². The van der Waals surface area contributed by atoms with E-state index in [2.05, 4.69) is 17.2 Å². The third kappa shape index (κ3) is 8.99. The lowest BCUT2D eigenvalue weighted by Gasteiger charge is -2.11.